The van der Waals surface area contributed by atoms with Crippen molar-refractivity contribution in [2.75, 3.05) is 13.2 Å². The second kappa shape index (κ2) is 8.35. The third-order valence-corrected chi connectivity index (χ3v) is 3.05. The zero-order valence-electron chi connectivity index (χ0n) is 10.7. The Hall–Kier alpha value is -1.84. The number of hydrazine groups is 1. The number of nitrogens with one attached hydrogen (secondary N) is 3. The molecule has 0 saturated carbocycles. The van der Waals surface area contributed by atoms with Crippen LogP contribution in [0.1, 0.15) is 17.3 Å². The summed E-state index contributed by atoms with van der Waals surface area (Å²) in [7, 11) is 0. The maximum atomic E-state index is 11.8. The summed E-state index contributed by atoms with van der Waals surface area (Å²) in [5.74, 6) is -0.918. The monoisotopic (exact) mass is 391 g/mol. The van der Waals surface area contributed by atoms with Gasteiger partial charge in [0, 0.05) is 3.57 Å². The highest BCUT2D eigenvalue weighted by molar-refractivity contribution is 14.1. The molecule has 0 bridgehead atoms. The standard InChI is InChI=1S/C12H14IN3O4/c1-2-20-12(19)16-15-10(17)7-14-11(18)8-5-3-4-6-9(8)13/h3-6H,2,7H2,1H3,(H,14,18)(H,15,17)(H,16,19). The van der Waals surface area contributed by atoms with Gasteiger partial charge in [-0.1, -0.05) is 12.1 Å². The normalized spacial score (nSPS) is 9.50. The van der Waals surface area contributed by atoms with Crippen molar-refractivity contribution in [2.24, 2.45) is 0 Å². The first-order chi connectivity index (χ1) is 9.54. The summed E-state index contributed by atoms with van der Waals surface area (Å²) in [6.45, 7) is 1.59. The first kappa shape index (κ1) is 16.2. The minimum Gasteiger partial charge on any atom is -0.449 e. The number of rotatable bonds is 4. The van der Waals surface area contributed by atoms with Gasteiger partial charge >= 0.3 is 6.09 Å². The van der Waals surface area contributed by atoms with Crippen molar-refractivity contribution < 1.29 is 19.1 Å². The average Bonchev–Trinajstić information content (AvgIpc) is 2.43. The van der Waals surface area contributed by atoms with E-state index in [-0.39, 0.29) is 19.1 Å². The Balaban J connectivity index is 2.36. The molecular weight excluding hydrogens is 377 g/mol. The van der Waals surface area contributed by atoms with Crippen LogP contribution in [0.5, 0.6) is 0 Å². The zero-order chi connectivity index (χ0) is 15.0. The van der Waals surface area contributed by atoms with Crippen molar-refractivity contribution in [1.29, 1.82) is 0 Å². The van der Waals surface area contributed by atoms with Gasteiger partial charge in [0.1, 0.15) is 0 Å². The molecule has 8 heteroatoms. The molecule has 108 valence electrons. The van der Waals surface area contributed by atoms with E-state index in [0.717, 1.165) is 3.57 Å². The SMILES string of the molecule is CCOC(=O)NNC(=O)CNC(=O)c1ccccc1I. The van der Waals surface area contributed by atoms with Crippen LogP contribution >= 0.6 is 22.6 Å². The summed E-state index contributed by atoms with van der Waals surface area (Å²) in [4.78, 5) is 34.1. The lowest BCUT2D eigenvalue weighted by atomic mass is 10.2. The highest BCUT2D eigenvalue weighted by atomic mass is 127. The first-order valence-corrected chi connectivity index (χ1v) is 6.86. The van der Waals surface area contributed by atoms with E-state index in [1.165, 1.54) is 0 Å². The molecule has 0 aliphatic carbocycles. The Labute approximate surface area is 129 Å². The van der Waals surface area contributed by atoms with Gasteiger partial charge < -0.3 is 10.1 Å². The van der Waals surface area contributed by atoms with Crippen LogP contribution in [0.2, 0.25) is 0 Å². The van der Waals surface area contributed by atoms with Crippen LogP contribution in [0.3, 0.4) is 0 Å². The Morgan fingerprint density at radius 3 is 2.55 bits per heavy atom. The number of hydrogen-bond acceptors (Lipinski definition) is 4. The molecular formula is C12H14IN3O4. The van der Waals surface area contributed by atoms with Crippen molar-refractivity contribution >= 4 is 40.5 Å². The molecule has 0 aliphatic rings. The number of halogens is 1. The van der Waals surface area contributed by atoms with E-state index in [4.69, 9.17) is 0 Å². The molecule has 3 N–H and O–H groups in total. The van der Waals surface area contributed by atoms with Crippen LogP contribution in [0.4, 0.5) is 4.79 Å². The molecule has 0 fully saturated rings. The molecule has 1 rings (SSSR count). The van der Waals surface area contributed by atoms with E-state index in [9.17, 15) is 14.4 Å². The number of carbonyl (C=O) groups is 3. The fraction of sp³-hybridized carbons (Fsp3) is 0.250. The first-order valence-electron chi connectivity index (χ1n) is 5.79. The topological polar surface area (TPSA) is 96.5 Å². The van der Waals surface area contributed by atoms with Crippen LogP contribution in [-0.4, -0.2) is 31.1 Å². The lowest BCUT2D eigenvalue weighted by Crippen LogP contribution is -2.46. The molecule has 0 atom stereocenters. The van der Waals surface area contributed by atoms with Gasteiger partial charge in [0.2, 0.25) is 0 Å². The van der Waals surface area contributed by atoms with E-state index in [1.54, 1.807) is 25.1 Å². The van der Waals surface area contributed by atoms with Gasteiger partial charge in [-0.15, -0.1) is 0 Å². The van der Waals surface area contributed by atoms with E-state index >= 15 is 0 Å². The molecule has 1 aromatic carbocycles. The van der Waals surface area contributed by atoms with Crippen LogP contribution in [0.25, 0.3) is 0 Å². The van der Waals surface area contributed by atoms with Crippen LogP contribution in [-0.2, 0) is 9.53 Å². The minimum absolute atomic E-state index is 0.199. The largest absolute Gasteiger partial charge is 0.449 e. The molecule has 0 aromatic heterocycles. The molecule has 0 unspecified atom stereocenters. The Bertz CT molecular complexity index is 507. The van der Waals surface area contributed by atoms with Gasteiger partial charge in [-0.2, -0.15) is 0 Å². The molecule has 1 aromatic rings. The Morgan fingerprint density at radius 1 is 1.20 bits per heavy atom. The predicted molar refractivity (Wildman–Crippen MR) is 79.8 cm³/mol. The van der Waals surface area contributed by atoms with Crippen molar-refractivity contribution in [3.8, 4) is 0 Å². The van der Waals surface area contributed by atoms with Gasteiger partial charge in [0.25, 0.3) is 11.8 Å². The maximum absolute atomic E-state index is 11.8. The molecule has 20 heavy (non-hydrogen) atoms. The molecule has 0 heterocycles. The van der Waals surface area contributed by atoms with Crippen LogP contribution < -0.4 is 16.2 Å². The minimum atomic E-state index is -0.759. The number of carbonyl (C=O) groups excluding carboxylic acids is 3. The average molecular weight is 391 g/mol. The predicted octanol–water partition coefficient (Wildman–Crippen LogP) is 0.798. The second-order valence-corrected chi connectivity index (χ2v) is 4.72. The van der Waals surface area contributed by atoms with Gasteiger partial charge in [0.05, 0.1) is 18.7 Å². The van der Waals surface area contributed by atoms with Crippen molar-refractivity contribution in [1.82, 2.24) is 16.2 Å². The van der Waals surface area contributed by atoms with E-state index in [1.807, 2.05) is 34.1 Å². The van der Waals surface area contributed by atoms with Crippen molar-refractivity contribution in [3.05, 3.63) is 33.4 Å². The number of ether oxygens (including phenoxy) is 1. The smallest absolute Gasteiger partial charge is 0.426 e. The van der Waals surface area contributed by atoms with E-state index in [2.05, 4.69) is 15.5 Å². The Kier molecular flexibility index (Phi) is 6.77. The quantitative estimate of drug-likeness (QED) is 0.523. The summed E-state index contributed by atoms with van der Waals surface area (Å²) >= 11 is 2.03. The summed E-state index contributed by atoms with van der Waals surface area (Å²) < 4.78 is 5.33. The van der Waals surface area contributed by atoms with Gasteiger partial charge in [-0.25, -0.2) is 10.2 Å². The molecule has 0 radical (unpaired) electrons. The van der Waals surface area contributed by atoms with Crippen molar-refractivity contribution in [2.45, 2.75) is 6.92 Å². The third-order valence-electron chi connectivity index (χ3n) is 2.11. The second-order valence-electron chi connectivity index (χ2n) is 3.56. The van der Waals surface area contributed by atoms with E-state index in [0.29, 0.717) is 5.56 Å². The summed E-state index contributed by atoms with van der Waals surface area (Å²) in [6.07, 6.45) is -0.759. The van der Waals surface area contributed by atoms with Crippen LogP contribution in [0.15, 0.2) is 24.3 Å². The molecule has 0 spiro atoms. The summed E-state index contributed by atoms with van der Waals surface area (Å²) in [5.41, 5.74) is 4.64. The number of amides is 3. The van der Waals surface area contributed by atoms with Gasteiger partial charge in [-0.05, 0) is 41.6 Å². The van der Waals surface area contributed by atoms with Crippen LogP contribution in [0, 0.1) is 3.57 Å². The number of hydrogen-bond donors (Lipinski definition) is 3. The third kappa shape index (κ3) is 5.43. The van der Waals surface area contributed by atoms with Gasteiger partial charge in [0.15, 0.2) is 0 Å². The molecule has 0 aliphatic heterocycles. The molecule has 7 nitrogen and oxygen atoms in total. The number of benzene rings is 1. The van der Waals surface area contributed by atoms with Gasteiger partial charge in [-0.3, -0.25) is 15.0 Å². The zero-order valence-corrected chi connectivity index (χ0v) is 12.9. The molecule has 0 saturated heterocycles. The fourth-order valence-electron chi connectivity index (χ4n) is 1.23. The Morgan fingerprint density at radius 2 is 1.90 bits per heavy atom. The highest BCUT2D eigenvalue weighted by Gasteiger charge is 2.11. The van der Waals surface area contributed by atoms with Crippen molar-refractivity contribution in [3.63, 3.8) is 0 Å². The molecule has 3 amide bonds. The lowest BCUT2D eigenvalue weighted by molar-refractivity contribution is -0.121. The lowest BCUT2D eigenvalue weighted by Gasteiger charge is -2.08. The van der Waals surface area contributed by atoms with E-state index < -0.39 is 12.0 Å². The highest BCUT2D eigenvalue weighted by Crippen LogP contribution is 2.10. The fourth-order valence-corrected chi connectivity index (χ4v) is 1.87. The summed E-state index contributed by atoms with van der Waals surface area (Å²) in [5, 5.41) is 2.45. The maximum Gasteiger partial charge on any atom is 0.426 e. The summed E-state index contributed by atoms with van der Waals surface area (Å²) in [6, 6.07) is 7.00.